The van der Waals surface area contributed by atoms with E-state index in [1.807, 2.05) is 6.92 Å². The van der Waals surface area contributed by atoms with Gasteiger partial charge in [0, 0.05) is 18.5 Å². The third kappa shape index (κ3) is 3.24. The number of hydrogen-bond donors (Lipinski definition) is 2. The lowest BCUT2D eigenvalue weighted by molar-refractivity contribution is 0.0983. The summed E-state index contributed by atoms with van der Waals surface area (Å²) in [6.45, 7) is 3.58. The molecule has 0 bridgehead atoms. The molecule has 0 aliphatic heterocycles. The Bertz CT molecular complexity index is 364. The van der Waals surface area contributed by atoms with Gasteiger partial charge in [0.05, 0.1) is 12.8 Å². The van der Waals surface area contributed by atoms with Crippen molar-refractivity contribution >= 4 is 11.5 Å². The summed E-state index contributed by atoms with van der Waals surface area (Å²) in [4.78, 5) is 11.7. The van der Waals surface area contributed by atoms with E-state index in [-0.39, 0.29) is 5.78 Å². The summed E-state index contributed by atoms with van der Waals surface area (Å²) in [7, 11) is 1.55. The summed E-state index contributed by atoms with van der Waals surface area (Å²) in [5.41, 5.74) is 6.86. The van der Waals surface area contributed by atoms with Crippen molar-refractivity contribution in [1.82, 2.24) is 5.32 Å². The van der Waals surface area contributed by atoms with E-state index in [0.29, 0.717) is 30.0 Å². The Kier molecular flexibility index (Phi) is 4.79. The third-order valence-electron chi connectivity index (χ3n) is 2.33. The van der Waals surface area contributed by atoms with Gasteiger partial charge in [-0.05, 0) is 24.7 Å². The van der Waals surface area contributed by atoms with Gasteiger partial charge in [0.1, 0.15) is 5.75 Å². The first-order chi connectivity index (χ1) is 7.69. The average Bonchev–Trinajstić information content (AvgIpc) is 2.29. The van der Waals surface area contributed by atoms with E-state index in [1.54, 1.807) is 25.3 Å². The van der Waals surface area contributed by atoms with E-state index < -0.39 is 0 Å². The summed E-state index contributed by atoms with van der Waals surface area (Å²) in [5.74, 6) is 0.693. The summed E-state index contributed by atoms with van der Waals surface area (Å²) in [6.07, 6.45) is 0.486. The van der Waals surface area contributed by atoms with Crippen LogP contribution in [0.5, 0.6) is 5.75 Å². The number of methoxy groups -OCH3 is 1. The quantitative estimate of drug-likeness (QED) is 0.434. The first-order valence-corrected chi connectivity index (χ1v) is 5.36. The van der Waals surface area contributed by atoms with E-state index in [1.165, 1.54) is 0 Å². The molecule has 1 aromatic rings. The first kappa shape index (κ1) is 12.5. The second-order valence-corrected chi connectivity index (χ2v) is 3.48. The zero-order valence-electron chi connectivity index (χ0n) is 9.75. The first-order valence-electron chi connectivity index (χ1n) is 5.36. The number of ketones is 1. The number of rotatable bonds is 6. The molecule has 0 heterocycles. The van der Waals surface area contributed by atoms with E-state index >= 15 is 0 Å². The number of benzene rings is 1. The summed E-state index contributed by atoms with van der Waals surface area (Å²) < 4.78 is 5.03. The Balaban J connectivity index is 2.66. The molecule has 1 rings (SSSR count). The Morgan fingerprint density at radius 3 is 2.81 bits per heavy atom. The highest BCUT2D eigenvalue weighted by atomic mass is 16.5. The van der Waals surface area contributed by atoms with Crippen LogP contribution in [0.25, 0.3) is 0 Å². The van der Waals surface area contributed by atoms with Gasteiger partial charge < -0.3 is 15.8 Å². The molecule has 16 heavy (non-hydrogen) atoms. The van der Waals surface area contributed by atoms with Crippen LogP contribution in [0.3, 0.4) is 0 Å². The van der Waals surface area contributed by atoms with Gasteiger partial charge in [-0.2, -0.15) is 0 Å². The van der Waals surface area contributed by atoms with Gasteiger partial charge in [0.25, 0.3) is 0 Å². The fourth-order valence-electron chi connectivity index (χ4n) is 1.43. The topological polar surface area (TPSA) is 64.3 Å². The Morgan fingerprint density at radius 2 is 2.25 bits per heavy atom. The fourth-order valence-corrected chi connectivity index (χ4v) is 1.43. The number of nitrogens with two attached hydrogens (primary N) is 1. The smallest absolute Gasteiger partial charge is 0.164 e. The number of carbonyl (C=O) groups excluding carboxylic acids is 1. The van der Waals surface area contributed by atoms with Gasteiger partial charge in [0.15, 0.2) is 5.78 Å². The molecule has 0 aliphatic rings. The lowest BCUT2D eigenvalue weighted by Crippen LogP contribution is -2.17. The largest absolute Gasteiger partial charge is 0.495 e. The zero-order chi connectivity index (χ0) is 12.0. The minimum Gasteiger partial charge on any atom is -0.495 e. The Hall–Kier alpha value is -1.55. The molecule has 0 atom stereocenters. The monoisotopic (exact) mass is 222 g/mol. The highest BCUT2D eigenvalue weighted by Gasteiger charge is 2.07. The summed E-state index contributed by atoms with van der Waals surface area (Å²) in [5, 5.41) is 3.11. The molecule has 4 nitrogen and oxygen atoms in total. The summed E-state index contributed by atoms with van der Waals surface area (Å²) >= 11 is 0. The molecule has 0 aliphatic carbocycles. The van der Waals surface area contributed by atoms with Gasteiger partial charge >= 0.3 is 0 Å². The van der Waals surface area contributed by atoms with Crippen LogP contribution in [0.15, 0.2) is 18.2 Å². The Morgan fingerprint density at radius 1 is 1.50 bits per heavy atom. The molecule has 0 aromatic heterocycles. The van der Waals surface area contributed by atoms with Crippen molar-refractivity contribution in [3.63, 3.8) is 0 Å². The van der Waals surface area contributed by atoms with Crippen molar-refractivity contribution in [1.29, 1.82) is 0 Å². The van der Waals surface area contributed by atoms with Crippen LogP contribution in [0.1, 0.15) is 23.7 Å². The van der Waals surface area contributed by atoms with Crippen LogP contribution < -0.4 is 15.8 Å². The minimum atomic E-state index is 0.0929. The van der Waals surface area contributed by atoms with Crippen LogP contribution in [0.2, 0.25) is 0 Å². The van der Waals surface area contributed by atoms with Crippen LogP contribution in [0, 0.1) is 0 Å². The molecule has 0 saturated heterocycles. The number of Topliss-reactive ketones (excluding diaryl/α,β-unsaturated/α-hetero) is 1. The molecule has 0 fully saturated rings. The molecule has 0 saturated carbocycles. The molecular weight excluding hydrogens is 204 g/mol. The minimum absolute atomic E-state index is 0.0929. The van der Waals surface area contributed by atoms with Gasteiger partial charge in [-0.3, -0.25) is 4.79 Å². The van der Waals surface area contributed by atoms with Crippen molar-refractivity contribution in [2.45, 2.75) is 13.3 Å². The Labute approximate surface area is 95.8 Å². The van der Waals surface area contributed by atoms with Crippen molar-refractivity contribution < 1.29 is 9.53 Å². The second-order valence-electron chi connectivity index (χ2n) is 3.48. The predicted octanol–water partition coefficient (Wildman–Crippen LogP) is 1.46. The van der Waals surface area contributed by atoms with E-state index in [0.717, 1.165) is 6.54 Å². The molecular formula is C12H18N2O2. The van der Waals surface area contributed by atoms with E-state index in [4.69, 9.17) is 10.5 Å². The number of nitrogen functional groups attached to an aromatic ring is 1. The zero-order valence-corrected chi connectivity index (χ0v) is 9.75. The third-order valence-corrected chi connectivity index (χ3v) is 2.33. The summed E-state index contributed by atoms with van der Waals surface area (Å²) in [6, 6.07) is 5.12. The molecule has 0 radical (unpaired) electrons. The number of ether oxygens (including phenoxy) is 1. The average molecular weight is 222 g/mol. The maximum atomic E-state index is 11.7. The highest BCUT2D eigenvalue weighted by Crippen LogP contribution is 2.22. The van der Waals surface area contributed by atoms with Crippen LogP contribution >= 0.6 is 0 Å². The van der Waals surface area contributed by atoms with Crippen LogP contribution in [-0.2, 0) is 0 Å². The van der Waals surface area contributed by atoms with Crippen molar-refractivity contribution in [2.75, 3.05) is 25.9 Å². The molecule has 0 unspecified atom stereocenters. The van der Waals surface area contributed by atoms with Crippen LogP contribution in [0.4, 0.5) is 5.69 Å². The molecule has 0 amide bonds. The lowest BCUT2D eigenvalue weighted by atomic mass is 10.1. The molecule has 1 aromatic carbocycles. The fraction of sp³-hybridized carbons (Fsp3) is 0.417. The maximum absolute atomic E-state index is 11.7. The lowest BCUT2D eigenvalue weighted by Gasteiger charge is -2.06. The van der Waals surface area contributed by atoms with E-state index in [2.05, 4.69) is 5.32 Å². The molecule has 0 spiro atoms. The maximum Gasteiger partial charge on any atom is 0.164 e. The number of anilines is 1. The van der Waals surface area contributed by atoms with Gasteiger partial charge in [-0.1, -0.05) is 6.92 Å². The number of nitrogens with one attached hydrogen (secondary N) is 1. The van der Waals surface area contributed by atoms with Gasteiger partial charge in [-0.25, -0.2) is 0 Å². The standard InChI is InChI=1S/C12H18N2O2/c1-3-14-7-6-11(15)9-4-5-12(16-2)10(13)8-9/h4-5,8,14H,3,6-7,13H2,1-2H3. The van der Waals surface area contributed by atoms with Crippen molar-refractivity contribution in [3.8, 4) is 5.75 Å². The van der Waals surface area contributed by atoms with Crippen LogP contribution in [-0.4, -0.2) is 26.0 Å². The predicted molar refractivity (Wildman–Crippen MR) is 64.9 cm³/mol. The number of carbonyl (C=O) groups is 1. The van der Waals surface area contributed by atoms with E-state index in [9.17, 15) is 4.79 Å². The normalized spacial score (nSPS) is 10.1. The number of hydrogen-bond acceptors (Lipinski definition) is 4. The van der Waals surface area contributed by atoms with Crippen molar-refractivity contribution in [3.05, 3.63) is 23.8 Å². The molecule has 3 N–H and O–H groups in total. The van der Waals surface area contributed by atoms with Gasteiger partial charge in [0.2, 0.25) is 0 Å². The molecule has 88 valence electrons. The second kappa shape index (κ2) is 6.12. The van der Waals surface area contributed by atoms with Crippen molar-refractivity contribution in [2.24, 2.45) is 0 Å². The SMILES string of the molecule is CCNCCC(=O)c1ccc(OC)c(N)c1. The molecule has 4 heteroatoms. The van der Waals surface area contributed by atoms with Gasteiger partial charge in [-0.15, -0.1) is 0 Å². The highest BCUT2D eigenvalue weighted by molar-refractivity contribution is 5.97.